The Kier molecular flexibility index (Phi) is 4.78. The molecule has 0 aromatic heterocycles. The number of nitrogen functional groups attached to an aromatic ring is 1. The predicted molar refractivity (Wildman–Crippen MR) is 74.5 cm³/mol. The first-order valence-electron chi connectivity index (χ1n) is 5.40. The Hall–Kier alpha value is -1.31. The molecule has 1 rings (SSSR count). The molecular weight excluding hydrogens is 290 g/mol. The minimum atomic E-state index is -3.79. The van der Waals surface area contributed by atoms with Crippen molar-refractivity contribution < 1.29 is 13.2 Å². The van der Waals surface area contributed by atoms with E-state index in [-0.39, 0.29) is 23.0 Å². The number of halogens is 1. The van der Waals surface area contributed by atoms with E-state index in [9.17, 15) is 13.2 Å². The van der Waals surface area contributed by atoms with Crippen LogP contribution in [0, 0.1) is 6.92 Å². The molecule has 0 aliphatic rings. The summed E-state index contributed by atoms with van der Waals surface area (Å²) in [6.07, 6.45) is 0. The van der Waals surface area contributed by atoms with E-state index in [0.717, 1.165) is 0 Å². The topological polar surface area (TPSA) is 92.5 Å². The van der Waals surface area contributed by atoms with Crippen LogP contribution in [0.15, 0.2) is 17.0 Å². The van der Waals surface area contributed by atoms with Gasteiger partial charge in [-0.25, -0.2) is 13.1 Å². The molecule has 1 amide bonds. The lowest BCUT2D eigenvalue weighted by Crippen LogP contribution is -2.36. The number of sulfonamides is 1. The summed E-state index contributed by atoms with van der Waals surface area (Å²) >= 11 is 5.80. The molecule has 0 spiro atoms. The molecule has 0 atom stereocenters. The van der Waals surface area contributed by atoms with Crippen LogP contribution in [-0.4, -0.2) is 39.9 Å². The highest BCUT2D eigenvalue weighted by Crippen LogP contribution is 2.25. The van der Waals surface area contributed by atoms with Crippen LogP contribution < -0.4 is 10.5 Å². The number of hydrogen-bond acceptors (Lipinski definition) is 4. The Morgan fingerprint density at radius 2 is 2.00 bits per heavy atom. The molecule has 19 heavy (non-hydrogen) atoms. The highest BCUT2D eigenvalue weighted by atomic mass is 35.5. The van der Waals surface area contributed by atoms with Gasteiger partial charge < -0.3 is 10.6 Å². The molecule has 0 bridgehead atoms. The molecule has 3 N–H and O–H groups in total. The van der Waals surface area contributed by atoms with Crippen molar-refractivity contribution >= 4 is 33.2 Å². The zero-order chi connectivity index (χ0) is 14.8. The number of anilines is 1. The fourth-order valence-corrected chi connectivity index (χ4v) is 2.80. The van der Waals surface area contributed by atoms with Gasteiger partial charge in [0.1, 0.15) is 0 Å². The maximum absolute atomic E-state index is 12.1. The maximum Gasteiger partial charge on any atom is 0.241 e. The lowest BCUT2D eigenvalue weighted by atomic mass is 10.2. The lowest BCUT2D eigenvalue weighted by molar-refractivity contribution is -0.127. The monoisotopic (exact) mass is 305 g/mol. The Labute approximate surface area is 117 Å². The first kappa shape index (κ1) is 15.7. The molecule has 0 radical (unpaired) electrons. The fraction of sp³-hybridized carbons (Fsp3) is 0.364. The molecule has 0 saturated heterocycles. The fourth-order valence-electron chi connectivity index (χ4n) is 1.35. The first-order valence-corrected chi connectivity index (χ1v) is 7.26. The molecule has 0 aliphatic heterocycles. The van der Waals surface area contributed by atoms with Crippen LogP contribution in [0.4, 0.5) is 5.69 Å². The molecule has 1 aromatic carbocycles. The van der Waals surface area contributed by atoms with Crippen molar-refractivity contribution in [1.29, 1.82) is 0 Å². The number of nitrogens with one attached hydrogen (secondary N) is 1. The number of rotatable bonds is 4. The summed E-state index contributed by atoms with van der Waals surface area (Å²) in [5.74, 6) is -0.344. The quantitative estimate of drug-likeness (QED) is 0.797. The Bertz CT molecular complexity index is 599. The number of carbonyl (C=O) groups is 1. The largest absolute Gasteiger partial charge is 0.397 e. The van der Waals surface area contributed by atoms with Gasteiger partial charge in [0.05, 0.1) is 22.2 Å². The Morgan fingerprint density at radius 3 is 2.53 bits per heavy atom. The SMILES string of the molecule is Cc1cc(Cl)c(N)cc1S(=O)(=O)NCC(=O)N(C)C. The van der Waals surface area contributed by atoms with Gasteiger partial charge in [-0.15, -0.1) is 0 Å². The number of benzene rings is 1. The smallest absolute Gasteiger partial charge is 0.241 e. The van der Waals surface area contributed by atoms with Crippen LogP contribution in [0.3, 0.4) is 0 Å². The summed E-state index contributed by atoms with van der Waals surface area (Å²) in [6, 6.07) is 2.75. The van der Waals surface area contributed by atoms with Gasteiger partial charge in [-0.1, -0.05) is 11.6 Å². The number of carbonyl (C=O) groups excluding carboxylic acids is 1. The molecule has 0 saturated carbocycles. The van der Waals surface area contributed by atoms with Crippen molar-refractivity contribution in [1.82, 2.24) is 9.62 Å². The van der Waals surface area contributed by atoms with Crippen LogP contribution in [0.2, 0.25) is 5.02 Å². The van der Waals surface area contributed by atoms with Crippen LogP contribution in [-0.2, 0) is 14.8 Å². The Morgan fingerprint density at radius 1 is 1.42 bits per heavy atom. The third-order valence-corrected chi connectivity index (χ3v) is 4.37. The second-order valence-electron chi connectivity index (χ2n) is 4.25. The van der Waals surface area contributed by atoms with Crippen LogP contribution in [0.1, 0.15) is 5.56 Å². The van der Waals surface area contributed by atoms with Crippen LogP contribution in [0.5, 0.6) is 0 Å². The summed E-state index contributed by atoms with van der Waals surface area (Å²) < 4.78 is 26.4. The minimum absolute atomic E-state index is 0.0148. The van der Waals surface area contributed by atoms with Crippen LogP contribution >= 0.6 is 11.6 Å². The summed E-state index contributed by atoms with van der Waals surface area (Å²) in [5, 5.41) is 0.292. The highest BCUT2D eigenvalue weighted by Gasteiger charge is 2.19. The van der Waals surface area contributed by atoms with E-state index < -0.39 is 10.0 Å². The molecule has 0 fully saturated rings. The normalized spacial score (nSPS) is 11.4. The molecule has 8 heteroatoms. The van der Waals surface area contributed by atoms with Crippen molar-refractivity contribution in [3.63, 3.8) is 0 Å². The van der Waals surface area contributed by atoms with Gasteiger partial charge in [-0.3, -0.25) is 4.79 Å². The summed E-state index contributed by atoms with van der Waals surface area (Å²) in [4.78, 5) is 12.7. The van der Waals surface area contributed by atoms with E-state index in [0.29, 0.717) is 10.6 Å². The number of amides is 1. The Balaban J connectivity index is 3.01. The van der Waals surface area contributed by atoms with Gasteiger partial charge in [0.15, 0.2) is 0 Å². The van der Waals surface area contributed by atoms with Gasteiger partial charge in [0.25, 0.3) is 0 Å². The van der Waals surface area contributed by atoms with Gasteiger partial charge in [-0.05, 0) is 24.6 Å². The highest BCUT2D eigenvalue weighted by molar-refractivity contribution is 7.89. The summed E-state index contributed by atoms with van der Waals surface area (Å²) in [7, 11) is -0.707. The molecule has 0 heterocycles. The van der Waals surface area contributed by atoms with E-state index in [1.807, 2.05) is 0 Å². The van der Waals surface area contributed by atoms with Crippen molar-refractivity contribution in [2.75, 3.05) is 26.4 Å². The molecule has 0 aliphatic carbocycles. The summed E-state index contributed by atoms with van der Waals surface area (Å²) in [5.41, 5.74) is 6.23. The average molecular weight is 306 g/mol. The molecule has 1 aromatic rings. The minimum Gasteiger partial charge on any atom is -0.397 e. The number of aryl methyl sites for hydroxylation is 1. The number of nitrogens with zero attached hydrogens (tertiary/aromatic N) is 1. The van der Waals surface area contributed by atoms with E-state index in [4.69, 9.17) is 17.3 Å². The van der Waals surface area contributed by atoms with Crippen molar-refractivity contribution in [3.05, 3.63) is 22.7 Å². The van der Waals surface area contributed by atoms with Crippen molar-refractivity contribution in [3.8, 4) is 0 Å². The van der Waals surface area contributed by atoms with E-state index in [1.54, 1.807) is 21.0 Å². The van der Waals surface area contributed by atoms with Crippen LogP contribution in [0.25, 0.3) is 0 Å². The molecule has 106 valence electrons. The maximum atomic E-state index is 12.1. The van der Waals surface area contributed by atoms with E-state index >= 15 is 0 Å². The van der Waals surface area contributed by atoms with E-state index in [2.05, 4.69) is 4.72 Å². The third kappa shape index (κ3) is 3.82. The van der Waals surface area contributed by atoms with Gasteiger partial charge in [-0.2, -0.15) is 0 Å². The third-order valence-electron chi connectivity index (χ3n) is 2.50. The van der Waals surface area contributed by atoms with Crippen molar-refractivity contribution in [2.24, 2.45) is 0 Å². The van der Waals surface area contributed by atoms with E-state index in [1.165, 1.54) is 17.0 Å². The molecular formula is C11H16ClN3O3S. The predicted octanol–water partition coefficient (Wildman–Crippen LogP) is 0.597. The van der Waals surface area contributed by atoms with Gasteiger partial charge in [0, 0.05) is 14.1 Å². The average Bonchev–Trinajstić information content (AvgIpc) is 2.30. The zero-order valence-corrected chi connectivity index (χ0v) is 12.5. The molecule has 6 nitrogen and oxygen atoms in total. The zero-order valence-electron chi connectivity index (χ0n) is 10.9. The van der Waals surface area contributed by atoms with Crippen molar-refractivity contribution in [2.45, 2.75) is 11.8 Å². The second kappa shape index (κ2) is 5.77. The standard InChI is InChI=1S/C11H16ClN3O3S/c1-7-4-8(12)9(13)5-10(7)19(17,18)14-6-11(16)15(2)3/h4-5,14H,6,13H2,1-3H3. The van der Waals surface area contributed by atoms with Gasteiger partial charge >= 0.3 is 0 Å². The first-order chi connectivity index (χ1) is 8.65. The number of likely N-dealkylation sites (N-methyl/N-ethyl adjacent to an activating group) is 1. The second-order valence-corrected chi connectivity index (χ2v) is 6.39. The molecule has 0 unspecified atom stereocenters. The lowest BCUT2D eigenvalue weighted by Gasteiger charge is -2.13. The number of nitrogens with two attached hydrogens (primary N) is 1. The van der Waals surface area contributed by atoms with Gasteiger partial charge in [0.2, 0.25) is 15.9 Å². The summed E-state index contributed by atoms with van der Waals surface area (Å²) in [6.45, 7) is 1.30. The number of hydrogen-bond donors (Lipinski definition) is 2.